The molecule has 27 heavy (non-hydrogen) atoms. The molecule has 0 saturated carbocycles. The van der Waals surface area contributed by atoms with Crippen LogP contribution in [0.25, 0.3) is 0 Å². The monoisotopic (exact) mass is 409 g/mol. The van der Waals surface area contributed by atoms with E-state index in [0.29, 0.717) is 31.3 Å². The normalized spacial score (nSPS) is 18.4. The molecular formula is C21H29Cl2N3O. The van der Waals surface area contributed by atoms with Gasteiger partial charge in [-0.05, 0) is 36.6 Å². The summed E-state index contributed by atoms with van der Waals surface area (Å²) in [5.74, 6) is 0.896. The molecule has 3 rings (SSSR count). The second-order valence-corrected chi connectivity index (χ2v) is 6.80. The highest BCUT2D eigenvalue weighted by Gasteiger charge is 2.34. The number of nitrogens with one attached hydrogen (secondary N) is 1. The molecule has 1 fully saturated rings. The molecule has 0 unspecified atom stereocenters. The van der Waals surface area contributed by atoms with Crippen LogP contribution >= 0.6 is 24.8 Å². The van der Waals surface area contributed by atoms with Gasteiger partial charge in [0.25, 0.3) is 0 Å². The molecule has 0 bridgehead atoms. The number of halogens is 2. The molecule has 0 radical (unpaired) electrons. The summed E-state index contributed by atoms with van der Waals surface area (Å²) in [4.78, 5) is 14.6. The van der Waals surface area contributed by atoms with E-state index in [1.54, 1.807) is 0 Å². The van der Waals surface area contributed by atoms with Crippen molar-refractivity contribution in [2.75, 3.05) is 31.5 Å². The molecule has 2 aromatic carbocycles. The molecule has 1 amide bonds. The first-order valence-corrected chi connectivity index (χ1v) is 9.01. The number of nitrogens with two attached hydrogens (primary N) is 1. The van der Waals surface area contributed by atoms with E-state index in [1.807, 2.05) is 29.2 Å². The zero-order valence-corrected chi connectivity index (χ0v) is 17.3. The minimum Gasteiger partial charge on any atom is -0.384 e. The second-order valence-electron chi connectivity index (χ2n) is 6.80. The van der Waals surface area contributed by atoms with Crippen LogP contribution in [0, 0.1) is 12.8 Å². The number of hydrogen-bond acceptors (Lipinski definition) is 3. The third kappa shape index (κ3) is 5.86. The van der Waals surface area contributed by atoms with Crippen LogP contribution in [-0.2, 0) is 4.79 Å². The van der Waals surface area contributed by atoms with Gasteiger partial charge in [0.05, 0.1) is 0 Å². The van der Waals surface area contributed by atoms with Gasteiger partial charge in [0.15, 0.2) is 0 Å². The Labute approximate surface area is 174 Å². The Balaban J connectivity index is 0.00000182. The Kier molecular flexibility index (Phi) is 9.64. The van der Waals surface area contributed by atoms with E-state index in [1.165, 1.54) is 11.1 Å². The van der Waals surface area contributed by atoms with Gasteiger partial charge in [-0.3, -0.25) is 4.79 Å². The van der Waals surface area contributed by atoms with Gasteiger partial charge in [0, 0.05) is 37.7 Å². The number of carbonyl (C=O) groups is 1. The predicted octanol–water partition coefficient (Wildman–Crippen LogP) is 3.84. The SMILES string of the molecule is Cc1ccccc1NCCC(=O)N1C[C@@H](CN)[C@H](c2ccccc2)C1.Cl.Cl. The predicted molar refractivity (Wildman–Crippen MR) is 117 cm³/mol. The van der Waals surface area contributed by atoms with Crippen LogP contribution in [0.4, 0.5) is 5.69 Å². The van der Waals surface area contributed by atoms with E-state index in [-0.39, 0.29) is 30.7 Å². The molecule has 1 saturated heterocycles. The first-order valence-electron chi connectivity index (χ1n) is 9.01. The van der Waals surface area contributed by atoms with E-state index >= 15 is 0 Å². The van der Waals surface area contributed by atoms with Crippen molar-refractivity contribution >= 4 is 36.4 Å². The van der Waals surface area contributed by atoms with E-state index in [9.17, 15) is 4.79 Å². The third-order valence-corrected chi connectivity index (χ3v) is 5.12. The summed E-state index contributed by atoms with van der Waals surface area (Å²) in [5.41, 5.74) is 9.54. The van der Waals surface area contributed by atoms with Crippen molar-refractivity contribution in [2.24, 2.45) is 11.7 Å². The van der Waals surface area contributed by atoms with Gasteiger partial charge in [-0.15, -0.1) is 24.8 Å². The Bertz CT molecular complexity index is 712. The topological polar surface area (TPSA) is 58.4 Å². The Hall–Kier alpha value is -1.75. The molecular weight excluding hydrogens is 381 g/mol. The maximum atomic E-state index is 12.6. The Morgan fingerprint density at radius 2 is 1.74 bits per heavy atom. The van der Waals surface area contributed by atoms with Gasteiger partial charge in [0.2, 0.25) is 5.91 Å². The number of amides is 1. The van der Waals surface area contributed by atoms with E-state index in [2.05, 4.69) is 42.6 Å². The molecule has 0 aliphatic carbocycles. The number of benzene rings is 2. The fourth-order valence-electron chi connectivity index (χ4n) is 3.63. The lowest BCUT2D eigenvalue weighted by molar-refractivity contribution is -0.130. The summed E-state index contributed by atoms with van der Waals surface area (Å²) in [6.45, 7) is 4.88. The number of nitrogens with zero attached hydrogens (tertiary/aromatic N) is 1. The first-order chi connectivity index (χ1) is 12.2. The Morgan fingerprint density at radius 3 is 2.41 bits per heavy atom. The zero-order valence-electron chi connectivity index (χ0n) is 15.6. The quantitative estimate of drug-likeness (QED) is 0.761. The van der Waals surface area contributed by atoms with E-state index in [0.717, 1.165) is 18.8 Å². The molecule has 0 aromatic heterocycles. The van der Waals surface area contributed by atoms with Crippen LogP contribution in [0.5, 0.6) is 0 Å². The summed E-state index contributed by atoms with van der Waals surface area (Å²) in [7, 11) is 0. The number of aryl methyl sites for hydroxylation is 1. The van der Waals surface area contributed by atoms with Gasteiger partial charge >= 0.3 is 0 Å². The van der Waals surface area contributed by atoms with Gasteiger partial charge in [-0.25, -0.2) is 0 Å². The van der Waals surface area contributed by atoms with Gasteiger partial charge < -0.3 is 16.0 Å². The molecule has 1 aliphatic heterocycles. The number of rotatable bonds is 6. The Morgan fingerprint density at radius 1 is 1.07 bits per heavy atom. The standard InChI is InChI=1S/C21H27N3O.2ClH/c1-16-7-5-6-10-20(16)23-12-11-21(25)24-14-18(13-22)19(15-24)17-8-3-2-4-9-17;;/h2-10,18-19,23H,11-15,22H2,1H3;2*1H/t18-,19+;;/m1../s1. The largest absolute Gasteiger partial charge is 0.384 e. The van der Waals surface area contributed by atoms with Gasteiger partial charge in [-0.2, -0.15) is 0 Å². The highest BCUT2D eigenvalue weighted by Crippen LogP contribution is 2.32. The van der Waals surface area contributed by atoms with Gasteiger partial charge in [0.1, 0.15) is 0 Å². The van der Waals surface area contributed by atoms with Crippen molar-refractivity contribution in [1.29, 1.82) is 0 Å². The van der Waals surface area contributed by atoms with E-state index in [4.69, 9.17) is 5.73 Å². The molecule has 1 aliphatic rings. The molecule has 148 valence electrons. The minimum absolute atomic E-state index is 0. The number of carbonyl (C=O) groups excluding carboxylic acids is 1. The van der Waals surface area contributed by atoms with Crippen LogP contribution in [0.15, 0.2) is 54.6 Å². The zero-order chi connectivity index (χ0) is 17.6. The maximum Gasteiger partial charge on any atom is 0.224 e. The van der Waals surface area contributed by atoms with Crippen molar-refractivity contribution < 1.29 is 4.79 Å². The second kappa shape index (κ2) is 11.2. The van der Waals surface area contributed by atoms with Crippen molar-refractivity contribution in [2.45, 2.75) is 19.3 Å². The molecule has 3 N–H and O–H groups in total. The van der Waals surface area contributed by atoms with E-state index < -0.39 is 0 Å². The highest BCUT2D eigenvalue weighted by atomic mass is 35.5. The number of hydrogen-bond donors (Lipinski definition) is 2. The maximum absolute atomic E-state index is 12.6. The summed E-state index contributed by atoms with van der Waals surface area (Å²) < 4.78 is 0. The smallest absolute Gasteiger partial charge is 0.224 e. The first kappa shape index (κ1) is 23.3. The van der Waals surface area contributed by atoms with Crippen LogP contribution in [0.3, 0.4) is 0 Å². The molecule has 2 aromatic rings. The number of anilines is 1. The summed E-state index contributed by atoms with van der Waals surface area (Å²) >= 11 is 0. The fourth-order valence-corrected chi connectivity index (χ4v) is 3.63. The summed E-state index contributed by atoms with van der Waals surface area (Å²) in [6, 6.07) is 18.6. The average molecular weight is 410 g/mol. The van der Waals surface area contributed by atoms with Crippen LogP contribution in [-0.4, -0.2) is 37.0 Å². The highest BCUT2D eigenvalue weighted by molar-refractivity contribution is 5.85. The number of para-hydroxylation sites is 1. The minimum atomic E-state index is 0. The van der Waals surface area contributed by atoms with Crippen LogP contribution in [0.2, 0.25) is 0 Å². The lowest BCUT2D eigenvalue weighted by atomic mass is 9.89. The average Bonchev–Trinajstić information content (AvgIpc) is 3.08. The van der Waals surface area contributed by atoms with Crippen molar-refractivity contribution in [1.82, 2.24) is 4.90 Å². The summed E-state index contributed by atoms with van der Waals surface area (Å²) in [5, 5.41) is 3.36. The lowest BCUT2D eigenvalue weighted by Crippen LogP contribution is -2.31. The molecule has 4 nitrogen and oxygen atoms in total. The third-order valence-electron chi connectivity index (χ3n) is 5.12. The fraction of sp³-hybridized carbons (Fsp3) is 0.381. The molecule has 0 spiro atoms. The van der Waals surface area contributed by atoms with Crippen molar-refractivity contribution in [3.63, 3.8) is 0 Å². The molecule has 2 atom stereocenters. The van der Waals surface area contributed by atoms with Gasteiger partial charge in [-0.1, -0.05) is 48.5 Å². The number of likely N-dealkylation sites (tertiary alicyclic amines) is 1. The van der Waals surface area contributed by atoms with Crippen LogP contribution in [0.1, 0.15) is 23.5 Å². The lowest BCUT2D eigenvalue weighted by Gasteiger charge is -2.17. The molecule has 1 heterocycles. The van der Waals surface area contributed by atoms with Crippen molar-refractivity contribution in [3.05, 3.63) is 65.7 Å². The molecule has 6 heteroatoms. The van der Waals surface area contributed by atoms with Crippen molar-refractivity contribution in [3.8, 4) is 0 Å². The van der Waals surface area contributed by atoms with Crippen LogP contribution < -0.4 is 11.1 Å². The summed E-state index contributed by atoms with van der Waals surface area (Å²) in [6.07, 6.45) is 0.507.